The highest BCUT2D eigenvalue weighted by molar-refractivity contribution is 9.10. The van der Waals surface area contributed by atoms with Gasteiger partial charge in [0, 0.05) is 28.5 Å². The van der Waals surface area contributed by atoms with Gasteiger partial charge < -0.3 is 4.90 Å². The van der Waals surface area contributed by atoms with Crippen LogP contribution in [0, 0.1) is 17.0 Å². The first-order valence-corrected chi connectivity index (χ1v) is 7.79. The van der Waals surface area contributed by atoms with Gasteiger partial charge in [0.05, 0.1) is 17.0 Å². The van der Waals surface area contributed by atoms with E-state index in [0.29, 0.717) is 16.6 Å². The van der Waals surface area contributed by atoms with Crippen LogP contribution in [0.3, 0.4) is 0 Å². The molecule has 0 atom stereocenters. The number of nitro groups is 1. The molecule has 0 saturated carbocycles. The molecule has 110 valence electrons. The third kappa shape index (κ3) is 3.48. The molecule has 0 unspecified atom stereocenters. The number of carbonyl (C=O) groups excluding carboxylic acids is 1. The van der Waals surface area contributed by atoms with Gasteiger partial charge in [0.1, 0.15) is 0 Å². The lowest BCUT2D eigenvalue weighted by Crippen LogP contribution is -2.26. The summed E-state index contributed by atoms with van der Waals surface area (Å²) >= 11 is 4.86. The van der Waals surface area contributed by atoms with Gasteiger partial charge in [-0.15, -0.1) is 11.3 Å². The maximum absolute atomic E-state index is 12.5. The second kappa shape index (κ2) is 6.36. The minimum Gasteiger partial charge on any atom is -0.337 e. The van der Waals surface area contributed by atoms with Gasteiger partial charge in [-0.3, -0.25) is 14.9 Å². The van der Waals surface area contributed by atoms with Crippen molar-refractivity contribution in [3.05, 3.63) is 60.2 Å². The average molecular weight is 369 g/mol. The topological polar surface area (TPSA) is 63.5 Å². The molecule has 1 amide bonds. The van der Waals surface area contributed by atoms with Crippen molar-refractivity contribution in [2.45, 2.75) is 13.5 Å². The number of hydrogen-bond acceptors (Lipinski definition) is 4. The van der Waals surface area contributed by atoms with Gasteiger partial charge >= 0.3 is 0 Å². The van der Waals surface area contributed by atoms with E-state index in [1.165, 1.54) is 18.2 Å². The van der Waals surface area contributed by atoms with E-state index in [1.807, 2.05) is 18.4 Å². The molecule has 0 aliphatic heterocycles. The summed E-state index contributed by atoms with van der Waals surface area (Å²) < 4.78 is 0.549. The Hall–Kier alpha value is -1.73. The maximum atomic E-state index is 12.5. The third-order valence-electron chi connectivity index (χ3n) is 3.09. The van der Waals surface area contributed by atoms with Crippen LogP contribution in [0.2, 0.25) is 0 Å². The Balaban J connectivity index is 2.25. The summed E-state index contributed by atoms with van der Waals surface area (Å²) in [5.74, 6) is -0.252. The van der Waals surface area contributed by atoms with Gasteiger partial charge in [-0.05, 0) is 45.9 Å². The number of rotatable bonds is 4. The highest BCUT2D eigenvalue weighted by Crippen LogP contribution is 2.25. The van der Waals surface area contributed by atoms with Gasteiger partial charge in [0.15, 0.2) is 0 Å². The largest absolute Gasteiger partial charge is 0.337 e. The molecule has 0 radical (unpaired) electrons. The first-order valence-electron chi connectivity index (χ1n) is 6.12. The number of amides is 1. The first-order chi connectivity index (χ1) is 9.90. The highest BCUT2D eigenvalue weighted by Gasteiger charge is 2.19. The Morgan fingerprint density at radius 3 is 2.71 bits per heavy atom. The van der Waals surface area contributed by atoms with Gasteiger partial charge in [0.25, 0.3) is 11.6 Å². The fraction of sp³-hybridized carbons (Fsp3) is 0.214. The van der Waals surface area contributed by atoms with Crippen LogP contribution in [0.5, 0.6) is 0 Å². The maximum Gasteiger partial charge on any atom is 0.270 e. The van der Waals surface area contributed by atoms with Crippen molar-refractivity contribution in [3.63, 3.8) is 0 Å². The Bertz CT molecular complexity index is 699. The fourth-order valence-electron chi connectivity index (χ4n) is 1.85. The van der Waals surface area contributed by atoms with Crippen molar-refractivity contribution in [1.82, 2.24) is 4.90 Å². The smallest absolute Gasteiger partial charge is 0.270 e. The molecule has 0 aliphatic rings. The monoisotopic (exact) mass is 368 g/mol. The molecule has 1 aromatic heterocycles. The molecule has 0 saturated heterocycles. The predicted molar refractivity (Wildman–Crippen MR) is 85.6 cm³/mol. The first kappa shape index (κ1) is 15.7. The number of thiophene rings is 1. The second-order valence-electron chi connectivity index (χ2n) is 4.61. The summed E-state index contributed by atoms with van der Waals surface area (Å²) in [4.78, 5) is 25.4. The van der Waals surface area contributed by atoms with Crippen molar-refractivity contribution in [3.8, 4) is 0 Å². The molecule has 1 heterocycles. The summed E-state index contributed by atoms with van der Waals surface area (Å²) in [7, 11) is 1.69. The van der Waals surface area contributed by atoms with E-state index in [9.17, 15) is 14.9 Å². The van der Waals surface area contributed by atoms with Crippen LogP contribution in [-0.4, -0.2) is 22.8 Å². The average Bonchev–Trinajstić information content (AvgIpc) is 2.83. The molecule has 0 fully saturated rings. The van der Waals surface area contributed by atoms with Crippen LogP contribution in [0.25, 0.3) is 0 Å². The lowest BCUT2D eigenvalue weighted by molar-refractivity contribution is -0.384. The number of halogens is 1. The Labute approximate surface area is 134 Å². The van der Waals surface area contributed by atoms with Crippen LogP contribution in [0.15, 0.2) is 34.1 Å². The predicted octanol–water partition coefficient (Wildman–Crippen LogP) is 4.00. The molecular weight excluding hydrogens is 356 g/mol. The van der Waals surface area contributed by atoms with E-state index in [1.54, 1.807) is 23.3 Å². The molecule has 0 bridgehead atoms. The molecule has 0 spiro atoms. The third-order valence-corrected chi connectivity index (χ3v) is 4.79. The zero-order valence-electron chi connectivity index (χ0n) is 11.5. The van der Waals surface area contributed by atoms with Crippen LogP contribution in [0.4, 0.5) is 5.69 Å². The standard InChI is InChI=1S/C14H13BrN2O3S/c1-9-5-6-21-13(9)8-16(2)14(18)11-7-10(17(19)20)3-4-12(11)15/h3-7H,8H2,1-2H3. The van der Waals surface area contributed by atoms with Crippen molar-refractivity contribution in [2.24, 2.45) is 0 Å². The van der Waals surface area contributed by atoms with E-state index >= 15 is 0 Å². The van der Waals surface area contributed by atoms with Gasteiger partial charge in [-0.2, -0.15) is 0 Å². The Morgan fingerprint density at radius 1 is 1.43 bits per heavy atom. The van der Waals surface area contributed by atoms with Crippen molar-refractivity contribution < 1.29 is 9.72 Å². The normalized spacial score (nSPS) is 10.4. The van der Waals surface area contributed by atoms with E-state index in [0.717, 1.165) is 10.4 Å². The van der Waals surface area contributed by atoms with Crippen LogP contribution in [0.1, 0.15) is 20.8 Å². The number of nitrogens with zero attached hydrogens (tertiary/aromatic N) is 2. The number of hydrogen-bond donors (Lipinski definition) is 0. The highest BCUT2D eigenvalue weighted by atomic mass is 79.9. The SMILES string of the molecule is Cc1ccsc1CN(C)C(=O)c1cc([N+](=O)[O-])ccc1Br. The Kier molecular flexibility index (Phi) is 4.74. The van der Waals surface area contributed by atoms with E-state index in [2.05, 4.69) is 15.9 Å². The number of benzene rings is 1. The van der Waals surface area contributed by atoms with Gasteiger partial charge in [0.2, 0.25) is 0 Å². The Morgan fingerprint density at radius 2 is 2.14 bits per heavy atom. The second-order valence-corrected chi connectivity index (χ2v) is 6.46. The minimum absolute atomic E-state index is 0.0951. The zero-order valence-corrected chi connectivity index (χ0v) is 13.9. The number of nitro benzene ring substituents is 1. The number of non-ortho nitro benzene ring substituents is 1. The van der Waals surface area contributed by atoms with Crippen LogP contribution < -0.4 is 0 Å². The van der Waals surface area contributed by atoms with Crippen molar-refractivity contribution in [1.29, 1.82) is 0 Å². The van der Waals surface area contributed by atoms with Crippen molar-refractivity contribution >= 4 is 38.9 Å². The molecular formula is C14H13BrN2O3S. The molecule has 2 rings (SSSR count). The molecule has 21 heavy (non-hydrogen) atoms. The van der Waals surface area contributed by atoms with Crippen molar-refractivity contribution in [2.75, 3.05) is 7.05 Å². The van der Waals surface area contributed by atoms with E-state index < -0.39 is 4.92 Å². The van der Waals surface area contributed by atoms with E-state index in [-0.39, 0.29) is 11.6 Å². The summed E-state index contributed by atoms with van der Waals surface area (Å²) in [6.07, 6.45) is 0. The number of aryl methyl sites for hydroxylation is 1. The molecule has 1 aromatic carbocycles. The minimum atomic E-state index is -0.507. The molecule has 5 nitrogen and oxygen atoms in total. The van der Waals surface area contributed by atoms with E-state index in [4.69, 9.17) is 0 Å². The summed E-state index contributed by atoms with van der Waals surface area (Å²) in [6, 6.07) is 6.19. The molecule has 2 aromatic rings. The lowest BCUT2D eigenvalue weighted by Gasteiger charge is -2.17. The molecule has 0 N–H and O–H groups in total. The summed E-state index contributed by atoms with van der Waals surface area (Å²) in [6.45, 7) is 2.48. The lowest BCUT2D eigenvalue weighted by atomic mass is 10.1. The molecule has 0 aliphatic carbocycles. The molecule has 7 heteroatoms. The van der Waals surface area contributed by atoms with Gasteiger partial charge in [-0.1, -0.05) is 0 Å². The quantitative estimate of drug-likeness (QED) is 0.605. The fourth-order valence-corrected chi connectivity index (χ4v) is 3.22. The van der Waals surface area contributed by atoms with Gasteiger partial charge in [-0.25, -0.2) is 0 Å². The van der Waals surface area contributed by atoms with Crippen LogP contribution in [-0.2, 0) is 6.54 Å². The van der Waals surface area contributed by atoms with Crippen LogP contribution >= 0.6 is 27.3 Å². The summed E-state index contributed by atoms with van der Waals surface area (Å²) in [5.41, 5.74) is 1.33. The zero-order chi connectivity index (χ0) is 15.6. The summed E-state index contributed by atoms with van der Waals surface area (Å²) in [5, 5.41) is 12.8. The number of carbonyl (C=O) groups is 1.